The molecule has 1 aromatic heterocycles. The maximum atomic E-state index is 6.04. The largest absolute Gasteiger partial charge is 0.377 e. The van der Waals surface area contributed by atoms with Crippen LogP contribution in [0.4, 0.5) is 11.5 Å². The van der Waals surface area contributed by atoms with Crippen molar-refractivity contribution >= 4 is 23.1 Å². The zero-order chi connectivity index (χ0) is 14.1. The van der Waals surface area contributed by atoms with Gasteiger partial charge in [-0.2, -0.15) is 0 Å². The van der Waals surface area contributed by atoms with E-state index in [0.29, 0.717) is 6.04 Å². The number of aromatic nitrogens is 1. The number of pyridine rings is 1. The number of halogens is 1. The highest BCUT2D eigenvalue weighted by Gasteiger charge is 2.22. The summed E-state index contributed by atoms with van der Waals surface area (Å²) in [6.07, 6.45) is 4.07. The average molecular weight is 288 g/mol. The number of hydrogen-bond donors (Lipinski definition) is 1. The Morgan fingerprint density at radius 2 is 2.10 bits per heavy atom. The Labute approximate surface area is 124 Å². The summed E-state index contributed by atoms with van der Waals surface area (Å²) >= 11 is 6.04. The van der Waals surface area contributed by atoms with Gasteiger partial charge in [-0.05, 0) is 48.2 Å². The first-order valence-electron chi connectivity index (χ1n) is 6.82. The Bertz CT molecular complexity index is 608. The molecule has 3 rings (SSSR count). The van der Waals surface area contributed by atoms with Crippen LogP contribution in [0, 0.1) is 0 Å². The fourth-order valence-electron chi connectivity index (χ4n) is 2.67. The summed E-state index contributed by atoms with van der Waals surface area (Å²) in [6, 6.07) is 10.6. The zero-order valence-corrected chi connectivity index (χ0v) is 12.5. The van der Waals surface area contributed by atoms with Crippen molar-refractivity contribution in [1.82, 2.24) is 4.98 Å². The number of anilines is 2. The van der Waals surface area contributed by atoms with Crippen molar-refractivity contribution < 1.29 is 0 Å². The number of hydrogen-bond acceptors (Lipinski definition) is 3. The Hall–Kier alpha value is -1.74. The highest BCUT2D eigenvalue weighted by Crippen LogP contribution is 2.35. The molecule has 1 aromatic carbocycles. The number of rotatable bonds is 3. The lowest BCUT2D eigenvalue weighted by molar-refractivity contribution is 0.761. The van der Waals surface area contributed by atoms with Crippen LogP contribution in [0.3, 0.4) is 0 Å². The Morgan fingerprint density at radius 1 is 1.25 bits per heavy atom. The van der Waals surface area contributed by atoms with Gasteiger partial charge in [-0.25, -0.2) is 4.98 Å². The molecule has 4 heteroatoms. The molecule has 0 saturated carbocycles. The molecule has 0 spiro atoms. The molecule has 0 fully saturated rings. The van der Waals surface area contributed by atoms with Gasteiger partial charge < -0.3 is 10.2 Å². The van der Waals surface area contributed by atoms with Gasteiger partial charge in [-0.15, -0.1) is 0 Å². The number of nitrogens with zero attached hydrogens (tertiary/aromatic N) is 2. The number of nitrogens with one attached hydrogen (secondary N) is 1. The summed E-state index contributed by atoms with van der Waals surface area (Å²) in [5.74, 6) is 0.967. The summed E-state index contributed by atoms with van der Waals surface area (Å²) in [4.78, 5) is 6.43. The molecular formula is C16H18ClN3. The van der Waals surface area contributed by atoms with Crippen LogP contribution in [-0.4, -0.2) is 19.1 Å². The molecule has 2 aromatic rings. The van der Waals surface area contributed by atoms with Gasteiger partial charge in [0.2, 0.25) is 0 Å². The monoisotopic (exact) mass is 287 g/mol. The van der Waals surface area contributed by atoms with Crippen LogP contribution in [0.25, 0.3) is 0 Å². The zero-order valence-electron chi connectivity index (χ0n) is 11.7. The van der Waals surface area contributed by atoms with Crippen molar-refractivity contribution in [2.75, 3.05) is 24.3 Å². The first kappa shape index (κ1) is 13.3. The molecular weight excluding hydrogens is 270 g/mol. The third-order valence-electron chi connectivity index (χ3n) is 3.73. The Kier molecular flexibility index (Phi) is 3.53. The molecule has 1 N–H and O–H groups in total. The third kappa shape index (κ3) is 2.59. The SMILES string of the molecule is CN(C)c1ccc(NC2CCc3cc(Cl)ccc32)cn1. The molecule has 20 heavy (non-hydrogen) atoms. The van der Waals surface area contributed by atoms with Crippen LogP contribution in [0.1, 0.15) is 23.6 Å². The summed E-state index contributed by atoms with van der Waals surface area (Å²) in [5, 5.41) is 4.38. The summed E-state index contributed by atoms with van der Waals surface area (Å²) in [6.45, 7) is 0. The molecule has 3 nitrogen and oxygen atoms in total. The van der Waals surface area contributed by atoms with Crippen molar-refractivity contribution in [2.24, 2.45) is 0 Å². The van der Waals surface area contributed by atoms with Gasteiger partial charge in [0.25, 0.3) is 0 Å². The normalized spacial score (nSPS) is 16.9. The minimum absolute atomic E-state index is 0.356. The molecule has 0 bridgehead atoms. The first-order chi connectivity index (χ1) is 9.63. The molecule has 0 aliphatic heterocycles. The molecule has 1 atom stereocenters. The Balaban J connectivity index is 1.77. The second kappa shape index (κ2) is 5.33. The molecule has 0 saturated heterocycles. The van der Waals surface area contributed by atoms with Gasteiger partial charge in [-0.3, -0.25) is 0 Å². The van der Waals surface area contributed by atoms with Crippen LogP contribution >= 0.6 is 11.6 Å². The summed E-state index contributed by atoms with van der Waals surface area (Å²) < 4.78 is 0. The predicted octanol–water partition coefficient (Wildman–Crippen LogP) is 3.90. The fourth-order valence-corrected chi connectivity index (χ4v) is 2.87. The molecule has 1 heterocycles. The quantitative estimate of drug-likeness (QED) is 0.928. The van der Waals surface area contributed by atoms with Crippen molar-refractivity contribution in [2.45, 2.75) is 18.9 Å². The molecule has 1 aliphatic rings. The maximum absolute atomic E-state index is 6.04. The highest BCUT2D eigenvalue weighted by atomic mass is 35.5. The lowest BCUT2D eigenvalue weighted by Gasteiger charge is -2.17. The van der Waals surface area contributed by atoms with Gasteiger partial charge in [0.1, 0.15) is 5.82 Å². The van der Waals surface area contributed by atoms with Gasteiger partial charge in [0.15, 0.2) is 0 Å². The minimum atomic E-state index is 0.356. The fraction of sp³-hybridized carbons (Fsp3) is 0.312. The lowest BCUT2D eigenvalue weighted by atomic mass is 10.1. The number of fused-ring (bicyclic) bond motifs is 1. The predicted molar refractivity (Wildman–Crippen MR) is 84.7 cm³/mol. The van der Waals surface area contributed by atoms with E-state index in [2.05, 4.69) is 28.5 Å². The molecule has 0 radical (unpaired) electrons. The van der Waals surface area contributed by atoms with E-state index in [0.717, 1.165) is 29.4 Å². The van der Waals surface area contributed by atoms with Gasteiger partial charge in [0.05, 0.1) is 17.9 Å². The maximum Gasteiger partial charge on any atom is 0.128 e. The minimum Gasteiger partial charge on any atom is -0.377 e. The van der Waals surface area contributed by atoms with Crippen molar-refractivity contribution in [3.8, 4) is 0 Å². The van der Waals surface area contributed by atoms with E-state index < -0.39 is 0 Å². The standard InChI is InChI=1S/C16H18ClN3/c1-20(2)16-8-5-13(10-18-16)19-15-7-3-11-9-12(17)4-6-14(11)15/h4-6,8-10,15,19H,3,7H2,1-2H3. The summed E-state index contributed by atoms with van der Waals surface area (Å²) in [5.41, 5.74) is 3.77. The van der Waals surface area contributed by atoms with E-state index in [4.69, 9.17) is 11.6 Å². The van der Waals surface area contributed by atoms with Crippen LogP contribution < -0.4 is 10.2 Å². The molecule has 104 valence electrons. The average Bonchev–Trinajstić information content (AvgIpc) is 2.81. The van der Waals surface area contributed by atoms with Crippen LogP contribution in [0.5, 0.6) is 0 Å². The van der Waals surface area contributed by atoms with E-state index in [9.17, 15) is 0 Å². The van der Waals surface area contributed by atoms with Crippen LogP contribution in [0.15, 0.2) is 36.5 Å². The van der Waals surface area contributed by atoms with Gasteiger partial charge in [0, 0.05) is 19.1 Å². The van der Waals surface area contributed by atoms with Crippen molar-refractivity contribution in [3.05, 3.63) is 52.7 Å². The van der Waals surface area contributed by atoms with Crippen molar-refractivity contribution in [3.63, 3.8) is 0 Å². The van der Waals surface area contributed by atoms with Crippen LogP contribution in [-0.2, 0) is 6.42 Å². The van der Waals surface area contributed by atoms with E-state index >= 15 is 0 Å². The van der Waals surface area contributed by atoms with Crippen molar-refractivity contribution in [1.29, 1.82) is 0 Å². The van der Waals surface area contributed by atoms with Crippen LogP contribution in [0.2, 0.25) is 5.02 Å². The van der Waals surface area contributed by atoms with E-state index in [1.807, 2.05) is 37.3 Å². The number of aryl methyl sites for hydroxylation is 1. The molecule has 1 aliphatic carbocycles. The van der Waals surface area contributed by atoms with E-state index in [1.54, 1.807) is 0 Å². The smallest absolute Gasteiger partial charge is 0.128 e. The Morgan fingerprint density at radius 3 is 2.80 bits per heavy atom. The van der Waals surface area contributed by atoms with Gasteiger partial charge in [-0.1, -0.05) is 17.7 Å². The molecule has 1 unspecified atom stereocenters. The topological polar surface area (TPSA) is 28.2 Å². The molecule has 0 amide bonds. The second-order valence-corrected chi connectivity index (χ2v) is 5.81. The summed E-state index contributed by atoms with van der Waals surface area (Å²) in [7, 11) is 3.98. The number of benzene rings is 1. The van der Waals surface area contributed by atoms with E-state index in [-0.39, 0.29) is 0 Å². The van der Waals surface area contributed by atoms with Gasteiger partial charge >= 0.3 is 0 Å². The lowest BCUT2D eigenvalue weighted by Crippen LogP contribution is -2.11. The third-order valence-corrected chi connectivity index (χ3v) is 3.96. The highest BCUT2D eigenvalue weighted by molar-refractivity contribution is 6.30. The first-order valence-corrected chi connectivity index (χ1v) is 7.19. The van der Waals surface area contributed by atoms with E-state index in [1.165, 1.54) is 11.1 Å². The second-order valence-electron chi connectivity index (χ2n) is 5.38.